The van der Waals surface area contributed by atoms with Crippen molar-refractivity contribution >= 4 is 11.8 Å². The summed E-state index contributed by atoms with van der Waals surface area (Å²) in [6.07, 6.45) is 2.55. The summed E-state index contributed by atoms with van der Waals surface area (Å²) in [6.45, 7) is 0. The summed E-state index contributed by atoms with van der Waals surface area (Å²) in [5.41, 5.74) is 1.45. The van der Waals surface area contributed by atoms with Gasteiger partial charge in [0, 0.05) is 6.04 Å². The number of benzene rings is 1. The molecule has 0 aromatic heterocycles. The maximum absolute atomic E-state index is 3.48. The van der Waals surface area contributed by atoms with Crippen molar-refractivity contribution < 1.29 is 0 Å². The smallest absolute Gasteiger partial charge is 0.0141 e. The Kier molecular flexibility index (Phi) is 4.09. The molecule has 2 unspecified atom stereocenters. The average Bonchev–Trinajstić information content (AvgIpc) is 2.81. The van der Waals surface area contributed by atoms with Crippen molar-refractivity contribution in [2.24, 2.45) is 5.92 Å². The van der Waals surface area contributed by atoms with Gasteiger partial charge < -0.3 is 5.32 Å². The second kappa shape index (κ2) is 5.57. The summed E-state index contributed by atoms with van der Waals surface area (Å²) in [7, 11) is 2.09. The van der Waals surface area contributed by atoms with Crippen molar-refractivity contribution in [1.29, 1.82) is 0 Å². The second-order valence-electron chi connectivity index (χ2n) is 4.21. The fourth-order valence-electron chi connectivity index (χ4n) is 2.24. The zero-order chi connectivity index (χ0) is 10.5. The molecule has 1 nitrogen and oxygen atoms in total. The van der Waals surface area contributed by atoms with Crippen LogP contribution in [0.5, 0.6) is 0 Å². The van der Waals surface area contributed by atoms with Crippen molar-refractivity contribution in [2.75, 3.05) is 18.6 Å². The molecule has 0 saturated carbocycles. The van der Waals surface area contributed by atoms with Crippen LogP contribution in [-0.4, -0.2) is 24.6 Å². The molecule has 0 spiro atoms. The predicted molar refractivity (Wildman–Crippen MR) is 68.4 cm³/mol. The molecule has 15 heavy (non-hydrogen) atoms. The van der Waals surface area contributed by atoms with Gasteiger partial charge in [0.25, 0.3) is 0 Å². The van der Waals surface area contributed by atoms with Crippen molar-refractivity contribution in [3.05, 3.63) is 35.9 Å². The van der Waals surface area contributed by atoms with E-state index in [0.29, 0.717) is 6.04 Å². The molecule has 82 valence electrons. The number of hydrogen-bond acceptors (Lipinski definition) is 2. The highest BCUT2D eigenvalue weighted by atomic mass is 32.2. The molecular weight excluding hydrogens is 202 g/mol. The number of likely N-dealkylation sites (N-methyl/N-ethyl adjacent to an activating group) is 1. The first-order chi connectivity index (χ1) is 7.40. The van der Waals surface area contributed by atoms with Crippen molar-refractivity contribution in [1.82, 2.24) is 5.32 Å². The molecule has 0 aliphatic carbocycles. The molecule has 2 atom stereocenters. The lowest BCUT2D eigenvalue weighted by molar-refractivity contribution is 0.404. The molecule has 0 amide bonds. The number of thioether (sulfide) groups is 1. The highest BCUT2D eigenvalue weighted by Gasteiger charge is 2.23. The lowest BCUT2D eigenvalue weighted by Crippen LogP contribution is -2.35. The predicted octanol–water partition coefficient (Wildman–Crippen LogP) is 2.57. The minimum absolute atomic E-state index is 0.655. The fourth-order valence-corrected chi connectivity index (χ4v) is 3.58. The molecule has 1 fully saturated rings. The minimum atomic E-state index is 0.655. The van der Waals surface area contributed by atoms with Crippen LogP contribution >= 0.6 is 11.8 Å². The lowest BCUT2D eigenvalue weighted by Gasteiger charge is -2.22. The standard InChI is InChI=1S/C13H19NS/c1-14-13(12-7-8-15-10-12)9-11-5-3-2-4-6-11/h2-6,12-14H,7-10H2,1H3. The number of rotatable bonds is 4. The zero-order valence-electron chi connectivity index (χ0n) is 9.28. The van der Waals surface area contributed by atoms with Gasteiger partial charge in [0.2, 0.25) is 0 Å². The van der Waals surface area contributed by atoms with Crippen molar-refractivity contribution in [3.8, 4) is 0 Å². The Balaban J connectivity index is 1.96. The molecule has 1 N–H and O–H groups in total. The Morgan fingerprint density at radius 2 is 2.20 bits per heavy atom. The van der Waals surface area contributed by atoms with Gasteiger partial charge >= 0.3 is 0 Å². The molecule has 1 saturated heterocycles. The van der Waals surface area contributed by atoms with Gasteiger partial charge in [0.15, 0.2) is 0 Å². The van der Waals surface area contributed by atoms with Crippen LogP contribution in [0.2, 0.25) is 0 Å². The number of hydrogen-bond donors (Lipinski definition) is 1. The van der Waals surface area contributed by atoms with Gasteiger partial charge in [-0.05, 0) is 42.9 Å². The molecular formula is C13H19NS. The minimum Gasteiger partial charge on any atom is -0.316 e. The van der Waals surface area contributed by atoms with Crippen molar-refractivity contribution in [3.63, 3.8) is 0 Å². The molecule has 2 heteroatoms. The Morgan fingerprint density at radius 3 is 2.80 bits per heavy atom. The summed E-state index contributed by atoms with van der Waals surface area (Å²) >= 11 is 2.10. The van der Waals surface area contributed by atoms with Crippen LogP contribution in [0, 0.1) is 5.92 Å². The van der Waals surface area contributed by atoms with E-state index < -0.39 is 0 Å². The maximum Gasteiger partial charge on any atom is 0.0141 e. The SMILES string of the molecule is CNC(Cc1ccccc1)C1CCSC1. The van der Waals surface area contributed by atoms with E-state index in [1.165, 1.54) is 29.9 Å². The van der Waals surface area contributed by atoms with Crippen LogP contribution in [0.25, 0.3) is 0 Å². The van der Waals surface area contributed by atoms with E-state index in [1.54, 1.807) is 0 Å². The molecule has 1 heterocycles. The Labute approximate surface area is 96.7 Å². The molecule has 0 bridgehead atoms. The van der Waals surface area contributed by atoms with E-state index in [9.17, 15) is 0 Å². The molecule has 1 aromatic carbocycles. The lowest BCUT2D eigenvalue weighted by atomic mass is 9.93. The normalized spacial score (nSPS) is 22.9. The van der Waals surface area contributed by atoms with Gasteiger partial charge in [-0.2, -0.15) is 11.8 Å². The first-order valence-corrected chi connectivity index (χ1v) is 6.84. The molecule has 0 radical (unpaired) electrons. The monoisotopic (exact) mass is 221 g/mol. The van der Waals surface area contributed by atoms with E-state index in [-0.39, 0.29) is 0 Å². The second-order valence-corrected chi connectivity index (χ2v) is 5.36. The van der Waals surface area contributed by atoms with Crippen LogP contribution in [-0.2, 0) is 6.42 Å². The zero-order valence-corrected chi connectivity index (χ0v) is 10.1. The summed E-state index contributed by atoms with van der Waals surface area (Å²) in [4.78, 5) is 0. The van der Waals surface area contributed by atoms with E-state index >= 15 is 0 Å². The first kappa shape index (κ1) is 11.0. The summed E-state index contributed by atoms with van der Waals surface area (Å²) in [5.74, 6) is 3.54. The Hall–Kier alpha value is -0.470. The summed E-state index contributed by atoms with van der Waals surface area (Å²) in [5, 5.41) is 3.48. The maximum atomic E-state index is 3.48. The topological polar surface area (TPSA) is 12.0 Å². The van der Waals surface area contributed by atoms with Crippen molar-refractivity contribution in [2.45, 2.75) is 18.9 Å². The van der Waals surface area contributed by atoms with Crippen LogP contribution < -0.4 is 5.32 Å². The van der Waals surface area contributed by atoms with Gasteiger partial charge in [0.05, 0.1) is 0 Å². The summed E-state index contributed by atoms with van der Waals surface area (Å²) in [6, 6.07) is 11.5. The molecule has 1 aliphatic heterocycles. The summed E-state index contributed by atoms with van der Waals surface area (Å²) < 4.78 is 0. The van der Waals surface area contributed by atoms with Gasteiger partial charge in [0.1, 0.15) is 0 Å². The molecule has 2 rings (SSSR count). The molecule has 1 aromatic rings. The van der Waals surface area contributed by atoms with Gasteiger partial charge in [-0.15, -0.1) is 0 Å². The third kappa shape index (κ3) is 2.99. The largest absolute Gasteiger partial charge is 0.316 e. The first-order valence-electron chi connectivity index (χ1n) is 5.69. The Morgan fingerprint density at radius 1 is 1.40 bits per heavy atom. The average molecular weight is 221 g/mol. The van der Waals surface area contributed by atoms with Gasteiger partial charge in [-0.25, -0.2) is 0 Å². The fraction of sp³-hybridized carbons (Fsp3) is 0.538. The quantitative estimate of drug-likeness (QED) is 0.838. The highest BCUT2D eigenvalue weighted by molar-refractivity contribution is 7.99. The third-order valence-electron chi connectivity index (χ3n) is 3.20. The van der Waals surface area contributed by atoms with Crippen LogP contribution in [0.15, 0.2) is 30.3 Å². The van der Waals surface area contributed by atoms with Crippen LogP contribution in [0.1, 0.15) is 12.0 Å². The van der Waals surface area contributed by atoms with E-state index in [2.05, 4.69) is 54.5 Å². The third-order valence-corrected chi connectivity index (χ3v) is 4.39. The van der Waals surface area contributed by atoms with E-state index in [1.807, 2.05) is 0 Å². The highest BCUT2D eigenvalue weighted by Crippen LogP contribution is 2.27. The van der Waals surface area contributed by atoms with Gasteiger partial charge in [-0.3, -0.25) is 0 Å². The van der Waals surface area contributed by atoms with Gasteiger partial charge in [-0.1, -0.05) is 30.3 Å². The Bertz CT molecular complexity index is 280. The number of nitrogens with one attached hydrogen (secondary N) is 1. The van der Waals surface area contributed by atoms with Crippen LogP contribution in [0.4, 0.5) is 0 Å². The molecule has 1 aliphatic rings. The van der Waals surface area contributed by atoms with Crippen LogP contribution in [0.3, 0.4) is 0 Å². The van der Waals surface area contributed by atoms with E-state index in [4.69, 9.17) is 0 Å². The van der Waals surface area contributed by atoms with E-state index in [0.717, 1.165) is 5.92 Å².